The Hall–Kier alpha value is -3.51. The minimum Gasteiger partial charge on any atom is -0.444 e. The lowest BCUT2D eigenvalue weighted by molar-refractivity contribution is -0.175. The second-order valence-corrected chi connectivity index (χ2v) is 12.4. The van der Waals surface area contributed by atoms with E-state index in [2.05, 4.69) is 10.3 Å². The van der Waals surface area contributed by atoms with E-state index >= 15 is 0 Å². The van der Waals surface area contributed by atoms with Crippen molar-refractivity contribution in [2.45, 2.75) is 71.9 Å². The van der Waals surface area contributed by atoms with Crippen molar-refractivity contribution in [2.24, 2.45) is 11.8 Å². The Morgan fingerprint density at radius 3 is 2.37 bits per heavy atom. The lowest BCUT2D eigenvalue weighted by Crippen LogP contribution is -2.57. The van der Waals surface area contributed by atoms with E-state index in [9.17, 15) is 14.4 Å². The molecule has 12 nitrogen and oxygen atoms in total. The lowest BCUT2D eigenvalue weighted by atomic mass is 9.91. The van der Waals surface area contributed by atoms with Gasteiger partial charge < -0.3 is 19.3 Å². The van der Waals surface area contributed by atoms with E-state index in [1.54, 1.807) is 44.5 Å². The van der Waals surface area contributed by atoms with E-state index in [0.29, 0.717) is 31.7 Å². The number of amides is 3. The van der Waals surface area contributed by atoms with Crippen LogP contribution in [0, 0.1) is 11.8 Å². The van der Waals surface area contributed by atoms with Crippen molar-refractivity contribution >= 4 is 17.9 Å². The number of hydroxylamine groups is 2. The van der Waals surface area contributed by atoms with Crippen molar-refractivity contribution in [3.8, 4) is 5.69 Å². The quantitative estimate of drug-likeness (QED) is 0.265. The molecule has 0 spiro atoms. The first kappa shape index (κ1) is 34.0. The summed E-state index contributed by atoms with van der Waals surface area (Å²) in [5.41, 5.74) is 1.09. The van der Waals surface area contributed by atoms with Crippen molar-refractivity contribution in [1.29, 1.82) is 0 Å². The first-order valence-corrected chi connectivity index (χ1v) is 15.0. The summed E-state index contributed by atoms with van der Waals surface area (Å²) in [5.74, 6) is -1.02. The first-order valence-electron chi connectivity index (χ1n) is 15.0. The Kier molecular flexibility index (Phi) is 12.1. The van der Waals surface area contributed by atoms with Crippen LogP contribution in [0.4, 0.5) is 4.79 Å². The number of nitrogens with zero attached hydrogens (tertiary/aromatic N) is 6. The van der Waals surface area contributed by atoms with Crippen LogP contribution in [0.2, 0.25) is 0 Å². The molecule has 0 unspecified atom stereocenters. The second kappa shape index (κ2) is 15.3. The van der Waals surface area contributed by atoms with E-state index in [1.165, 1.54) is 17.1 Å². The van der Waals surface area contributed by atoms with Crippen LogP contribution in [0.15, 0.2) is 30.3 Å². The average molecular weight is 601 g/mol. The van der Waals surface area contributed by atoms with E-state index in [0.717, 1.165) is 18.5 Å². The molecule has 238 valence electrons. The van der Waals surface area contributed by atoms with Gasteiger partial charge in [-0.1, -0.05) is 37.3 Å². The number of para-hydroxylation sites is 1. The van der Waals surface area contributed by atoms with Gasteiger partial charge in [0.1, 0.15) is 5.60 Å². The fraction of sp³-hybridized carbons (Fsp3) is 0.645. The number of carbonyl (C=O) groups excluding carboxylic acids is 3. The number of rotatable bonds is 12. The van der Waals surface area contributed by atoms with Gasteiger partial charge in [0, 0.05) is 40.4 Å². The van der Waals surface area contributed by atoms with Crippen molar-refractivity contribution in [3.63, 3.8) is 0 Å². The largest absolute Gasteiger partial charge is 0.444 e. The van der Waals surface area contributed by atoms with E-state index in [1.807, 2.05) is 44.2 Å². The molecule has 3 rings (SSSR count). The molecule has 43 heavy (non-hydrogen) atoms. The molecule has 0 bridgehead atoms. The molecule has 3 amide bonds. The first-order chi connectivity index (χ1) is 20.4. The highest BCUT2D eigenvalue weighted by Crippen LogP contribution is 2.27. The van der Waals surface area contributed by atoms with E-state index in [-0.39, 0.29) is 36.5 Å². The molecule has 2 heterocycles. The highest BCUT2D eigenvalue weighted by Gasteiger charge is 2.41. The van der Waals surface area contributed by atoms with Crippen molar-refractivity contribution in [3.05, 3.63) is 41.7 Å². The number of unbranched alkanes of at least 4 members (excludes halogenated alkanes) is 1. The molecule has 0 saturated carbocycles. The molecular weight excluding hydrogens is 552 g/mol. The SMILES string of the molecule is COCCCCc1c(C(=O)N(CC(C)C)[C@H]2C[C@@H](C(=O)N(C)OC)CN(C(=O)OC(C)(C)C)C2)nnn1-c1ccccc1. The predicted molar refractivity (Wildman–Crippen MR) is 162 cm³/mol. The maximum atomic E-state index is 14.4. The Labute approximate surface area is 255 Å². The molecule has 12 heteroatoms. The molecule has 1 saturated heterocycles. The van der Waals surface area contributed by atoms with Gasteiger partial charge in [-0.2, -0.15) is 0 Å². The summed E-state index contributed by atoms with van der Waals surface area (Å²) in [6.07, 6.45) is 2.02. The minimum atomic E-state index is -0.714. The second-order valence-electron chi connectivity index (χ2n) is 12.4. The molecule has 1 aliphatic rings. The maximum Gasteiger partial charge on any atom is 0.410 e. The van der Waals surface area contributed by atoms with E-state index < -0.39 is 23.7 Å². The smallest absolute Gasteiger partial charge is 0.410 e. The summed E-state index contributed by atoms with van der Waals surface area (Å²) in [7, 11) is 4.63. The van der Waals surface area contributed by atoms with Gasteiger partial charge in [-0.15, -0.1) is 5.10 Å². The number of benzene rings is 1. The molecular formula is C31H48N6O6. The maximum absolute atomic E-state index is 14.4. The van der Waals surface area contributed by atoms with Gasteiger partial charge in [0.05, 0.1) is 30.5 Å². The average Bonchev–Trinajstić information content (AvgIpc) is 3.40. The van der Waals surface area contributed by atoms with Gasteiger partial charge in [0.15, 0.2) is 5.69 Å². The number of hydrogen-bond donors (Lipinski definition) is 0. The van der Waals surface area contributed by atoms with Gasteiger partial charge in [-0.3, -0.25) is 14.4 Å². The van der Waals surface area contributed by atoms with Crippen molar-refractivity contribution < 1.29 is 28.7 Å². The fourth-order valence-corrected chi connectivity index (χ4v) is 5.23. The number of likely N-dealkylation sites (tertiary alicyclic amines) is 1. The summed E-state index contributed by atoms with van der Waals surface area (Å²) in [5, 5.41) is 9.97. The van der Waals surface area contributed by atoms with Crippen LogP contribution in [0.25, 0.3) is 5.69 Å². The summed E-state index contributed by atoms with van der Waals surface area (Å²) < 4.78 is 12.6. The zero-order chi connectivity index (χ0) is 31.7. The summed E-state index contributed by atoms with van der Waals surface area (Å²) in [6, 6.07) is 9.15. The standard InChI is InChI=1S/C31H48N6O6/c1-22(2)19-36(25-18-23(28(38)34(6)42-8)20-35(21-25)30(40)43-31(3,4)5)29(39)27-26(16-12-13-17-41-7)37(33-32-27)24-14-10-9-11-15-24/h9-11,14-15,22-23,25H,12-13,16-21H2,1-8H3/t23-,25+/m1/s1. The molecule has 0 N–H and O–H groups in total. The topological polar surface area (TPSA) is 119 Å². The molecule has 1 aliphatic heterocycles. The molecule has 0 aliphatic carbocycles. The van der Waals surface area contributed by atoms with Crippen LogP contribution >= 0.6 is 0 Å². The van der Waals surface area contributed by atoms with E-state index in [4.69, 9.17) is 14.3 Å². The number of ether oxygens (including phenoxy) is 2. The number of aromatic nitrogens is 3. The van der Waals surface area contributed by atoms with Crippen molar-refractivity contribution in [1.82, 2.24) is 29.9 Å². The van der Waals surface area contributed by atoms with Crippen LogP contribution < -0.4 is 0 Å². The Bertz CT molecular complexity index is 1210. The Balaban J connectivity index is 2.01. The highest BCUT2D eigenvalue weighted by atomic mass is 16.7. The van der Waals surface area contributed by atoms with Gasteiger partial charge in [-0.25, -0.2) is 14.5 Å². The highest BCUT2D eigenvalue weighted by molar-refractivity contribution is 5.94. The zero-order valence-electron chi connectivity index (χ0n) is 26.9. The number of piperidine rings is 1. The molecule has 1 aromatic carbocycles. The minimum absolute atomic E-state index is 0.117. The van der Waals surface area contributed by atoms with Crippen LogP contribution in [-0.4, -0.2) is 107 Å². The third-order valence-electron chi connectivity index (χ3n) is 7.26. The van der Waals surface area contributed by atoms with Gasteiger partial charge in [-0.05, 0) is 64.5 Å². The number of methoxy groups -OCH3 is 1. The Morgan fingerprint density at radius 2 is 1.77 bits per heavy atom. The lowest BCUT2D eigenvalue weighted by Gasteiger charge is -2.43. The number of carbonyl (C=O) groups is 3. The third-order valence-corrected chi connectivity index (χ3v) is 7.26. The summed E-state index contributed by atoms with van der Waals surface area (Å²) in [6.45, 7) is 10.9. The molecule has 1 aromatic heterocycles. The molecule has 0 radical (unpaired) electrons. The summed E-state index contributed by atoms with van der Waals surface area (Å²) in [4.78, 5) is 49.4. The molecule has 1 fully saturated rings. The van der Waals surface area contributed by atoms with Gasteiger partial charge in [0.25, 0.3) is 11.8 Å². The van der Waals surface area contributed by atoms with Crippen LogP contribution in [-0.2, 0) is 25.5 Å². The monoisotopic (exact) mass is 600 g/mol. The van der Waals surface area contributed by atoms with Crippen LogP contribution in [0.1, 0.15) is 70.1 Å². The number of hydrogen-bond acceptors (Lipinski definition) is 8. The predicted octanol–water partition coefficient (Wildman–Crippen LogP) is 3.98. The fourth-order valence-electron chi connectivity index (χ4n) is 5.23. The van der Waals surface area contributed by atoms with Crippen molar-refractivity contribution in [2.75, 3.05) is 47.5 Å². The zero-order valence-corrected chi connectivity index (χ0v) is 26.9. The normalized spacial score (nSPS) is 17.2. The van der Waals surface area contributed by atoms with Crippen LogP contribution in [0.3, 0.4) is 0 Å². The molecule has 2 atom stereocenters. The van der Waals surface area contributed by atoms with Crippen LogP contribution in [0.5, 0.6) is 0 Å². The third kappa shape index (κ3) is 9.24. The van der Waals surface area contributed by atoms with Gasteiger partial charge in [0.2, 0.25) is 0 Å². The Morgan fingerprint density at radius 1 is 1.07 bits per heavy atom. The molecule has 2 aromatic rings. The summed E-state index contributed by atoms with van der Waals surface area (Å²) >= 11 is 0. The van der Waals surface area contributed by atoms with Gasteiger partial charge >= 0.3 is 6.09 Å².